The summed E-state index contributed by atoms with van der Waals surface area (Å²) in [6.07, 6.45) is 4.25. The summed E-state index contributed by atoms with van der Waals surface area (Å²) in [6, 6.07) is 15.0. The molecule has 0 radical (unpaired) electrons. The van der Waals surface area contributed by atoms with Crippen LogP contribution in [0.5, 0.6) is 5.75 Å². The number of rotatable bonds is 9. The molecule has 0 aliphatic heterocycles. The smallest absolute Gasteiger partial charge is 0.223 e. The van der Waals surface area contributed by atoms with Crippen LogP contribution in [0.25, 0.3) is 0 Å². The molecule has 2 heterocycles. The maximum atomic E-state index is 12.6. The van der Waals surface area contributed by atoms with E-state index in [0.29, 0.717) is 32.5 Å². The molecule has 0 atom stereocenters. The molecule has 0 aliphatic rings. The fourth-order valence-electron chi connectivity index (χ4n) is 2.54. The maximum Gasteiger partial charge on any atom is 0.223 e. The lowest BCUT2D eigenvalue weighted by atomic mass is 10.2. The molecule has 3 rings (SSSR count). The molecule has 0 aliphatic carbocycles. The second kappa shape index (κ2) is 9.29. The molecule has 2 aromatic heterocycles. The van der Waals surface area contributed by atoms with Crippen LogP contribution in [0.1, 0.15) is 24.4 Å². The van der Waals surface area contributed by atoms with Crippen molar-refractivity contribution in [1.82, 2.24) is 4.90 Å². The van der Waals surface area contributed by atoms with Gasteiger partial charge in [0.25, 0.3) is 0 Å². The molecular weight excluding hydrogens is 398 g/mol. The van der Waals surface area contributed by atoms with Crippen molar-refractivity contribution in [2.75, 3.05) is 6.61 Å². The van der Waals surface area contributed by atoms with Crippen LogP contribution in [0.3, 0.4) is 0 Å². The fourth-order valence-corrected chi connectivity index (χ4v) is 2.92. The van der Waals surface area contributed by atoms with Gasteiger partial charge in [-0.15, -0.1) is 0 Å². The number of benzene rings is 1. The summed E-state index contributed by atoms with van der Waals surface area (Å²) in [6.45, 7) is 1.32. The topological polar surface area (TPSA) is 55.8 Å². The van der Waals surface area contributed by atoms with Crippen LogP contribution in [0.15, 0.2) is 74.4 Å². The van der Waals surface area contributed by atoms with Gasteiger partial charge in [-0.2, -0.15) is 0 Å². The van der Waals surface area contributed by atoms with Gasteiger partial charge in [0.05, 0.1) is 32.2 Å². The number of hydrogen-bond acceptors (Lipinski definition) is 4. The molecule has 0 saturated heterocycles. The Morgan fingerprint density at radius 1 is 1.00 bits per heavy atom. The first kappa shape index (κ1) is 18.3. The van der Waals surface area contributed by atoms with Gasteiger partial charge < -0.3 is 18.5 Å². The van der Waals surface area contributed by atoms with Crippen LogP contribution in [-0.4, -0.2) is 17.4 Å². The molecule has 6 heteroatoms. The Morgan fingerprint density at radius 2 is 1.69 bits per heavy atom. The van der Waals surface area contributed by atoms with Gasteiger partial charge in [0.1, 0.15) is 17.3 Å². The summed E-state index contributed by atoms with van der Waals surface area (Å²) in [5.74, 6) is 2.32. The van der Waals surface area contributed by atoms with E-state index >= 15 is 0 Å². The second-order valence-electron chi connectivity index (χ2n) is 5.82. The molecule has 0 saturated carbocycles. The molecule has 1 amide bonds. The third-order valence-electron chi connectivity index (χ3n) is 3.81. The average Bonchev–Trinajstić information content (AvgIpc) is 3.32. The van der Waals surface area contributed by atoms with Gasteiger partial charge in [-0.3, -0.25) is 4.79 Å². The molecule has 136 valence electrons. The molecule has 0 fully saturated rings. The van der Waals surface area contributed by atoms with Crippen molar-refractivity contribution in [2.24, 2.45) is 0 Å². The number of carbonyl (C=O) groups is 1. The van der Waals surface area contributed by atoms with Crippen LogP contribution in [0, 0.1) is 0 Å². The van der Waals surface area contributed by atoms with Crippen molar-refractivity contribution >= 4 is 21.8 Å². The van der Waals surface area contributed by atoms with Gasteiger partial charge >= 0.3 is 0 Å². The third-order valence-corrected chi connectivity index (χ3v) is 4.30. The van der Waals surface area contributed by atoms with Gasteiger partial charge in [-0.1, -0.05) is 22.0 Å². The maximum absolute atomic E-state index is 12.6. The highest BCUT2D eigenvalue weighted by Gasteiger charge is 2.17. The minimum absolute atomic E-state index is 0.0376. The Kier molecular flexibility index (Phi) is 6.55. The van der Waals surface area contributed by atoms with E-state index in [1.165, 1.54) is 0 Å². The lowest BCUT2D eigenvalue weighted by molar-refractivity contribution is -0.133. The molecule has 3 aromatic rings. The zero-order valence-electron chi connectivity index (χ0n) is 14.3. The molecule has 0 bridgehead atoms. The van der Waals surface area contributed by atoms with E-state index in [1.54, 1.807) is 17.4 Å². The standard InChI is InChI=1S/C20H20BrNO4/c21-16-5-1-6-17(13-16)24-12-4-9-20(23)22(14-18-7-2-10-25-18)15-19-8-3-11-26-19/h1-3,5-8,10-11,13H,4,9,12,14-15H2. The van der Waals surface area contributed by atoms with Crippen molar-refractivity contribution < 1.29 is 18.4 Å². The minimum Gasteiger partial charge on any atom is -0.494 e. The first-order valence-electron chi connectivity index (χ1n) is 8.41. The second-order valence-corrected chi connectivity index (χ2v) is 6.73. The van der Waals surface area contributed by atoms with Crippen LogP contribution in [0.4, 0.5) is 0 Å². The predicted octanol–water partition coefficient (Wildman–Crippen LogP) is 5.02. The summed E-state index contributed by atoms with van der Waals surface area (Å²) in [7, 11) is 0. The van der Waals surface area contributed by atoms with Gasteiger partial charge in [-0.05, 0) is 48.9 Å². The summed E-state index contributed by atoms with van der Waals surface area (Å²) in [5, 5.41) is 0. The Hall–Kier alpha value is -2.47. The van der Waals surface area contributed by atoms with Gasteiger partial charge in [0.2, 0.25) is 5.91 Å². The summed E-state index contributed by atoms with van der Waals surface area (Å²) < 4.78 is 17.4. The number of nitrogens with zero attached hydrogens (tertiary/aromatic N) is 1. The molecule has 1 aromatic carbocycles. The van der Waals surface area contributed by atoms with Crippen molar-refractivity contribution in [1.29, 1.82) is 0 Å². The van der Waals surface area contributed by atoms with Crippen LogP contribution in [0.2, 0.25) is 0 Å². The largest absolute Gasteiger partial charge is 0.494 e. The highest BCUT2D eigenvalue weighted by Crippen LogP contribution is 2.18. The van der Waals surface area contributed by atoms with Crippen molar-refractivity contribution in [3.05, 3.63) is 77.1 Å². The zero-order valence-corrected chi connectivity index (χ0v) is 15.9. The number of carbonyl (C=O) groups excluding carboxylic acids is 1. The monoisotopic (exact) mass is 417 g/mol. The van der Waals surface area contributed by atoms with Crippen molar-refractivity contribution in [3.8, 4) is 5.75 Å². The van der Waals surface area contributed by atoms with Crippen molar-refractivity contribution in [3.63, 3.8) is 0 Å². The van der Waals surface area contributed by atoms with E-state index in [2.05, 4.69) is 15.9 Å². The Morgan fingerprint density at radius 3 is 2.27 bits per heavy atom. The zero-order chi connectivity index (χ0) is 18.2. The normalized spacial score (nSPS) is 10.7. The number of ether oxygens (including phenoxy) is 1. The predicted molar refractivity (Wildman–Crippen MR) is 101 cm³/mol. The molecule has 0 N–H and O–H groups in total. The first-order valence-corrected chi connectivity index (χ1v) is 9.21. The summed E-state index contributed by atoms with van der Waals surface area (Å²) in [4.78, 5) is 14.4. The Labute approximate surface area is 160 Å². The van der Waals surface area contributed by atoms with E-state index in [4.69, 9.17) is 13.6 Å². The quantitative estimate of drug-likeness (QED) is 0.458. The number of amides is 1. The van der Waals surface area contributed by atoms with Gasteiger partial charge in [0.15, 0.2) is 0 Å². The van der Waals surface area contributed by atoms with Crippen molar-refractivity contribution in [2.45, 2.75) is 25.9 Å². The molecule has 26 heavy (non-hydrogen) atoms. The van der Waals surface area contributed by atoms with Crippen LogP contribution in [-0.2, 0) is 17.9 Å². The number of hydrogen-bond donors (Lipinski definition) is 0. The third kappa shape index (κ3) is 5.52. The van der Waals surface area contributed by atoms with E-state index in [0.717, 1.165) is 21.7 Å². The Balaban J connectivity index is 1.51. The first-order chi connectivity index (χ1) is 12.7. The lowest BCUT2D eigenvalue weighted by Crippen LogP contribution is -2.30. The van der Waals surface area contributed by atoms with E-state index in [-0.39, 0.29) is 5.91 Å². The molecule has 5 nitrogen and oxygen atoms in total. The molecule has 0 spiro atoms. The SMILES string of the molecule is O=C(CCCOc1cccc(Br)c1)N(Cc1ccco1)Cc1ccco1. The van der Waals surface area contributed by atoms with Gasteiger partial charge in [0, 0.05) is 10.9 Å². The highest BCUT2D eigenvalue weighted by molar-refractivity contribution is 9.10. The average molecular weight is 418 g/mol. The Bertz CT molecular complexity index is 763. The number of furan rings is 2. The van der Waals surface area contributed by atoms with Crippen LogP contribution >= 0.6 is 15.9 Å². The van der Waals surface area contributed by atoms with E-state index < -0.39 is 0 Å². The lowest BCUT2D eigenvalue weighted by Gasteiger charge is -2.20. The van der Waals surface area contributed by atoms with Gasteiger partial charge in [-0.25, -0.2) is 0 Å². The van der Waals surface area contributed by atoms with E-state index in [1.807, 2.05) is 48.5 Å². The molecule has 0 unspecified atom stereocenters. The molecular formula is C20H20BrNO4. The van der Waals surface area contributed by atoms with E-state index in [9.17, 15) is 4.79 Å². The fraction of sp³-hybridized carbons (Fsp3) is 0.250. The summed E-state index contributed by atoms with van der Waals surface area (Å²) >= 11 is 3.41. The minimum atomic E-state index is 0.0376. The highest BCUT2D eigenvalue weighted by atomic mass is 79.9. The summed E-state index contributed by atoms with van der Waals surface area (Å²) in [5.41, 5.74) is 0. The van der Waals surface area contributed by atoms with Crippen LogP contribution < -0.4 is 4.74 Å². The number of halogens is 1.